The van der Waals surface area contributed by atoms with Gasteiger partial charge in [-0.15, -0.1) is 13.2 Å². The number of phenols is 1. The van der Waals surface area contributed by atoms with Gasteiger partial charge in [0, 0.05) is 5.56 Å². The Morgan fingerprint density at radius 1 is 1.29 bits per heavy atom. The zero-order valence-corrected chi connectivity index (χ0v) is 8.24. The summed E-state index contributed by atoms with van der Waals surface area (Å²) in [5.74, 6) is 0.137. The lowest BCUT2D eigenvalue weighted by atomic mass is 10.1. The molecular weight excluding hydrogens is 178 g/mol. The SMILES string of the molecule is C=C.NCCc1ccc(O)c(CO)c1. The van der Waals surface area contributed by atoms with Crippen LogP contribution in [0.2, 0.25) is 0 Å². The molecule has 0 saturated carbocycles. The molecule has 0 aromatic heterocycles. The summed E-state index contributed by atoms with van der Waals surface area (Å²) in [6.45, 7) is 6.44. The molecule has 14 heavy (non-hydrogen) atoms. The molecular formula is C11H17NO2. The molecule has 0 fully saturated rings. The van der Waals surface area contributed by atoms with Crippen molar-refractivity contribution < 1.29 is 10.2 Å². The van der Waals surface area contributed by atoms with Gasteiger partial charge in [0.1, 0.15) is 5.75 Å². The van der Waals surface area contributed by atoms with Gasteiger partial charge in [-0.2, -0.15) is 0 Å². The predicted molar refractivity (Wildman–Crippen MR) is 58.0 cm³/mol. The van der Waals surface area contributed by atoms with Crippen molar-refractivity contribution in [1.82, 2.24) is 0 Å². The topological polar surface area (TPSA) is 66.5 Å². The molecule has 78 valence electrons. The van der Waals surface area contributed by atoms with Crippen LogP contribution in [0.1, 0.15) is 11.1 Å². The van der Waals surface area contributed by atoms with E-state index in [1.165, 1.54) is 0 Å². The fourth-order valence-corrected chi connectivity index (χ4v) is 1.09. The first kappa shape index (κ1) is 12.7. The molecule has 0 amide bonds. The molecule has 1 aromatic carbocycles. The van der Waals surface area contributed by atoms with E-state index in [2.05, 4.69) is 13.2 Å². The van der Waals surface area contributed by atoms with E-state index in [9.17, 15) is 5.11 Å². The van der Waals surface area contributed by atoms with E-state index in [1.807, 2.05) is 0 Å². The van der Waals surface area contributed by atoms with Crippen molar-refractivity contribution in [2.24, 2.45) is 5.73 Å². The van der Waals surface area contributed by atoms with Gasteiger partial charge in [0.15, 0.2) is 0 Å². The van der Waals surface area contributed by atoms with Gasteiger partial charge in [-0.1, -0.05) is 6.07 Å². The summed E-state index contributed by atoms with van der Waals surface area (Å²) in [4.78, 5) is 0. The average Bonchev–Trinajstić information content (AvgIpc) is 2.24. The lowest BCUT2D eigenvalue weighted by molar-refractivity contribution is 0.275. The zero-order valence-electron chi connectivity index (χ0n) is 8.24. The Morgan fingerprint density at radius 3 is 2.43 bits per heavy atom. The Kier molecular flexibility index (Phi) is 6.45. The van der Waals surface area contributed by atoms with Crippen LogP contribution in [0.4, 0.5) is 0 Å². The molecule has 0 aliphatic carbocycles. The average molecular weight is 195 g/mol. The van der Waals surface area contributed by atoms with Crippen molar-refractivity contribution in [3.05, 3.63) is 42.5 Å². The molecule has 3 heteroatoms. The van der Waals surface area contributed by atoms with E-state index in [4.69, 9.17) is 10.8 Å². The van der Waals surface area contributed by atoms with Gasteiger partial charge in [0.2, 0.25) is 0 Å². The second kappa shape index (κ2) is 7.12. The van der Waals surface area contributed by atoms with Crippen molar-refractivity contribution in [2.75, 3.05) is 6.54 Å². The molecule has 4 N–H and O–H groups in total. The van der Waals surface area contributed by atoms with Crippen LogP contribution in [0.25, 0.3) is 0 Å². The van der Waals surface area contributed by atoms with Crippen molar-refractivity contribution in [3.63, 3.8) is 0 Å². The van der Waals surface area contributed by atoms with Gasteiger partial charge in [-0.25, -0.2) is 0 Å². The Labute approximate surface area is 84.5 Å². The number of nitrogens with two attached hydrogens (primary N) is 1. The van der Waals surface area contributed by atoms with E-state index in [-0.39, 0.29) is 12.4 Å². The third-order valence-corrected chi connectivity index (χ3v) is 1.75. The monoisotopic (exact) mass is 195 g/mol. The first-order chi connectivity index (χ1) is 6.77. The minimum Gasteiger partial charge on any atom is -0.508 e. The highest BCUT2D eigenvalue weighted by Gasteiger charge is 2.00. The normalized spacial score (nSPS) is 9.00. The highest BCUT2D eigenvalue weighted by atomic mass is 16.3. The smallest absolute Gasteiger partial charge is 0.121 e. The van der Waals surface area contributed by atoms with Crippen molar-refractivity contribution in [3.8, 4) is 5.75 Å². The lowest BCUT2D eigenvalue weighted by Crippen LogP contribution is -2.02. The second-order valence-electron chi connectivity index (χ2n) is 2.66. The number of aromatic hydroxyl groups is 1. The number of aliphatic hydroxyl groups excluding tert-OH is 1. The fourth-order valence-electron chi connectivity index (χ4n) is 1.09. The highest BCUT2D eigenvalue weighted by Crippen LogP contribution is 2.18. The highest BCUT2D eigenvalue weighted by molar-refractivity contribution is 5.35. The van der Waals surface area contributed by atoms with E-state index in [0.29, 0.717) is 12.1 Å². The summed E-state index contributed by atoms with van der Waals surface area (Å²) in [6.07, 6.45) is 0.771. The quantitative estimate of drug-likeness (QED) is 0.635. The van der Waals surface area contributed by atoms with Crippen LogP contribution < -0.4 is 5.73 Å². The van der Waals surface area contributed by atoms with Crippen molar-refractivity contribution in [2.45, 2.75) is 13.0 Å². The van der Waals surface area contributed by atoms with E-state index >= 15 is 0 Å². The Balaban J connectivity index is 0.000000791. The van der Waals surface area contributed by atoms with Gasteiger partial charge >= 0.3 is 0 Å². The van der Waals surface area contributed by atoms with Crippen LogP contribution in [0.5, 0.6) is 5.75 Å². The number of aliphatic hydroxyl groups is 1. The van der Waals surface area contributed by atoms with Crippen molar-refractivity contribution in [1.29, 1.82) is 0 Å². The minimum absolute atomic E-state index is 0.135. The summed E-state index contributed by atoms with van der Waals surface area (Å²) in [7, 11) is 0. The summed E-state index contributed by atoms with van der Waals surface area (Å²) >= 11 is 0. The van der Waals surface area contributed by atoms with Crippen LogP contribution in [0.3, 0.4) is 0 Å². The second-order valence-corrected chi connectivity index (χ2v) is 2.66. The summed E-state index contributed by atoms with van der Waals surface area (Å²) in [5, 5.41) is 18.0. The summed E-state index contributed by atoms with van der Waals surface area (Å²) < 4.78 is 0. The minimum atomic E-state index is -0.135. The molecule has 1 rings (SSSR count). The molecule has 0 atom stereocenters. The maximum atomic E-state index is 9.21. The Hall–Kier alpha value is -1.32. The van der Waals surface area contributed by atoms with Crippen molar-refractivity contribution >= 4 is 0 Å². The standard InChI is InChI=1S/C9H13NO2.C2H4/c10-4-3-7-1-2-9(12)8(5-7)6-11;1-2/h1-2,5,11-12H,3-4,6,10H2;1-2H2. The molecule has 1 aromatic rings. The van der Waals surface area contributed by atoms with Gasteiger partial charge in [0.25, 0.3) is 0 Å². The number of benzene rings is 1. The molecule has 0 heterocycles. The van der Waals surface area contributed by atoms with Crippen LogP contribution >= 0.6 is 0 Å². The van der Waals surface area contributed by atoms with Crippen LogP contribution in [0, 0.1) is 0 Å². The molecule has 3 nitrogen and oxygen atoms in total. The Bertz CT molecular complexity index is 274. The maximum Gasteiger partial charge on any atom is 0.121 e. The molecule has 0 radical (unpaired) electrons. The number of hydrogen-bond acceptors (Lipinski definition) is 3. The Morgan fingerprint density at radius 2 is 1.93 bits per heavy atom. The van der Waals surface area contributed by atoms with Gasteiger partial charge in [-0.05, 0) is 30.7 Å². The van der Waals surface area contributed by atoms with Crippen LogP contribution in [0.15, 0.2) is 31.4 Å². The molecule has 0 aliphatic rings. The van der Waals surface area contributed by atoms with Gasteiger partial charge in [0.05, 0.1) is 6.61 Å². The van der Waals surface area contributed by atoms with Crippen LogP contribution in [-0.2, 0) is 13.0 Å². The molecule has 0 unspecified atom stereocenters. The van der Waals surface area contributed by atoms with E-state index < -0.39 is 0 Å². The zero-order chi connectivity index (χ0) is 11.0. The molecule has 0 bridgehead atoms. The predicted octanol–water partition coefficient (Wildman–Crippen LogP) is 1.19. The molecule has 0 saturated heterocycles. The molecule has 0 spiro atoms. The summed E-state index contributed by atoms with van der Waals surface area (Å²) in [5.41, 5.74) is 6.96. The largest absolute Gasteiger partial charge is 0.508 e. The third-order valence-electron chi connectivity index (χ3n) is 1.75. The van der Waals surface area contributed by atoms with Crippen LogP contribution in [-0.4, -0.2) is 16.8 Å². The third kappa shape index (κ3) is 3.60. The fraction of sp³-hybridized carbons (Fsp3) is 0.273. The maximum absolute atomic E-state index is 9.21. The van der Waals surface area contributed by atoms with Gasteiger partial charge < -0.3 is 15.9 Å². The lowest BCUT2D eigenvalue weighted by Gasteiger charge is -2.03. The van der Waals surface area contributed by atoms with E-state index in [1.54, 1.807) is 18.2 Å². The number of rotatable bonds is 3. The number of hydrogen-bond donors (Lipinski definition) is 3. The first-order valence-corrected chi connectivity index (χ1v) is 4.39. The molecule has 0 aliphatic heterocycles. The first-order valence-electron chi connectivity index (χ1n) is 4.39. The van der Waals surface area contributed by atoms with Gasteiger partial charge in [-0.3, -0.25) is 0 Å². The summed E-state index contributed by atoms with van der Waals surface area (Å²) in [6, 6.07) is 5.15. The van der Waals surface area contributed by atoms with E-state index in [0.717, 1.165) is 12.0 Å².